The first-order chi connectivity index (χ1) is 8.43. The van der Waals surface area contributed by atoms with Crippen molar-refractivity contribution in [1.82, 2.24) is 0 Å². The van der Waals surface area contributed by atoms with Gasteiger partial charge in [-0.15, -0.1) is 0 Å². The van der Waals surface area contributed by atoms with Crippen LogP contribution in [0.4, 0.5) is 0 Å². The molecule has 0 saturated carbocycles. The molecule has 0 unspecified atom stereocenters. The van der Waals surface area contributed by atoms with E-state index in [0.29, 0.717) is 13.0 Å². The second kappa shape index (κ2) is 13.0. The molecular weight excluding hydrogens is 240 g/mol. The summed E-state index contributed by atoms with van der Waals surface area (Å²) in [6.45, 7) is 6.56. The molecule has 0 spiro atoms. The van der Waals surface area contributed by atoms with E-state index in [9.17, 15) is 14.4 Å². The fourth-order valence-corrected chi connectivity index (χ4v) is 0.806. The Morgan fingerprint density at radius 1 is 1.06 bits per heavy atom. The molecule has 6 heteroatoms. The second-order valence-corrected chi connectivity index (χ2v) is 3.12. The number of carboxylic acids is 2. The van der Waals surface area contributed by atoms with Gasteiger partial charge in [-0.25, -0.2) is 9.59 Å². The van der Waals surface area contributed by atoms with E-state index < -0.39 is 11.9 Å². The number of carbonyl (C=O) groups is 3. The van der Waals surface area contributed by atoms with Crippen molar-refractivity contribution in [1.29, 1.82) is 0 Å². The van der Waals surface area contributed by atoms with Crippen LogP contribution < -0.4 is 0 Å². The van der Waals surface area contributed by atoms with Crippen LogP contribution in [0, 0.1) is 0 Å². The number of ether oxygens (including phenoxy) is 1. The van der Waals surface area contributed by atoms with Gasteiger partial charge in [-0.2, -0.15) is 0 Å². The Balaban J connectivity index is 0. The van der Waals surface area contributed by atoms with E-state index in [1.807, 2.05) is 0 Å². The summed E-state index contributed by atoms with van der Waals surface area (Å²) in [5, 5.41) is 15.2. The zero-order valence-electron chi connectivity index (χ0n) is 10.1. The summed E-state index contributed by atoms with van der Waals surface area (Å²) in [5.74, 6) is -1.99. The maximum absolute atomic E-state index is 10.5. The molecule has 0 amide bonds. The molecule has 1 aliphatic rings. The van der Waals surface area contributed by atoms with Crippen LogP contribution in [0.5, 0.6) is 0 Å². The summed E-state index contributed by atoms with van der Waals surface area (Å²) in [6, 6.07) is 0. The summed E-state index contributed by atoms with van der Waals surface area (Å²) >= 11 is 0. The summed E-state index contributed by atoms with van der Waals surface area (Å²) in [7, 11) is 0. The highest BCUT2D eigenvalue weighted by Gasteiger charge is 2.05. The molecule has 0 aromatic heterocycles. The molecule has 2 N–H and O–H groups in total. The number of carboxylic acid groups (broad SMARTS) is 2. The maximum Gasteiger partial charge on any atom is 0.327 e. The van der Waals surface area contributed by atoms with Crippen molar-refractivity contribution in [2.45, 2.75) is 25.7 Å². The Morgan fingerprint density at radius 2 is 1.50 bits per heavy atom. The number of cyclic esters (lactones) is 1. The van der Waals surface area contributed by atoms with Gasteiger partial charge in [0.05, 0.1) is 6.61 Å². The van der Waals surface area contributed by atoms with Crippen molar-refractivity contribution in [3.63, 3.8) is 0 Å². The number of hydrogen-bond acceptors (Lipinski definition) is 4. The smallest absolute Gasteiger partial charge is 0.327 e. The first-order valence-electron chi connectivity index (χ1n) is 5.30. The van der Waals surface area contributed by atoms with Gasteiger partial charge in [0.15, 0.2) is 0 Å². The molecule has 1 aliphatic heterocycles. The fourth-order valence-electron chi connectivity index (χ4n) is 0.806. The SMILES string of the molecule is C=CC(=O)O.C=CC(=O)O.O=C1CCCCCO1. The van der Waals surface area contributed by atoms with Crippen molar-refractivity contribution in [3.8, 4) is 0 Å². The zero-order valence-corrected chi connectivity index (χ0v) is 10.1. The highest BCUT2D eigenvalue weighted by molar-refractivity contribution is 5.79. The van der Waals surface area contributed by atoms with Crippen molar-refractivity contribution < 1.29 is 29.3 Å². The Kier molecular flexibility index (Phi) is 13.1. The second-order valence-electron chi connectivity index (χ2n) is 3.12. The minimum atomic E-state index is -0.981. The lowest BCUT2D eigenvalue weighted by atomic mass is 10.2. The van der Waals surface area contributed by atoms with Crippen LogP contribution in [0.1, 0.15) is 25.7 Å². The first-order valence-corrected chi connectivity index (χ1v) is 5.30. The molecular formula is C12H18O6. The van der Waals surface area contributed by atoms with Gasteiger partial charge in [-0.3, -0.25) is 4.79 Å². The van der Waals surface area contributed by atoms with E-state index in [-0.39, 0.29) is 5.97 Å². The maximum atomic E-state index is 10.5. The number of hydrogen-bond donors (Lipinski definition) is 2. The minimum Gasteiger partial charge on any atom is -0.478 e. The summed E-state index contributed by atoms with van der Waals surface area (Å²) < 4.78 is 4.76. The molecule has 0 aromatic carbocycles. The number of aliphatic carboxylic acids is 2. The van der Waals surface area contributed by atoms with E-state index in [1.54, 1.807) is 0 Å². The summed E-state index contributed by atoms with van der Waals surface area (Å²) in [5.41, 5.74) is 0. The summed E-state index contributed by atoms with van der Waals surface area (Å²) in [4.78, 5) is 29.0. The molecule has 0 aromatic rings. The van der Waals surface area contributed by atoms with Gasteiger partial charge in [0.1, 0.15) is 0 Å². The van der Waals surface area contributed by atoms with Crippen LogP contribution in [-0.4, -0.2) is 34.7 Å². The van der Waals surface area contributed by atoms with Gasteiger partial charge < -0.3 is 14.9 Å². The average Bonchev–Trinajstić information content (AvgIpc) is 2.58. The monoisotopic (exact) mass is 258 g/mol. The first kappa shape index (κ1) is 18.3. The Bertz CT molecular complexity index is 267. The molecule has 0 atom stereocenters. The van der Waals surface area contributed by atoms with Crippen LogP contribution in [0.2, 0.25) is 0 Å². The molecule has 0 radical (unpaired) electrons. The van der Waals surface area contributed by atoms with Gasteiger partial charge >= 0.3 is 17.9 Å². The Labute approximate surface area is 106 Å². The third-order valence-corrected chi connectivity index (χ3v) is 1.64. The lowest BCUT2D eigenvalue weighted by Gasteiger charge is -1.93. The lowest BCUT2D eigenvalue weighted by Crippen LogP contribution is -2.00. The molecule has 1 fully saturated rings. The Hall–Kier alpha value is -2.11. The predicted molar refractivity (Wildman–Crippen MR) is 65.1 cm³/mol. The predicted octanol–water partition coefficient (Wildman–Crippen LogP) is 1.62. The number of carbonyl (C=O) groups excluding carboxylic acids is 1. The standard InChI is InChI=1S/C6H10O2.2C3H4O2/c7-6-4-2-1-3-5-8-6;2*1-2-3(4)5/h1-5H2;2*2H,1H2,(H,4,5). The molecule has 6 nitrogen and oxygen atoms in total. The molecule has 1 heterocycles. The third kappa shape index (κ3) is 19.5. The van der Waals surface area contributed by atoms with Gasteiger partial charge in [-0.05, 0) is 19.3 Å². The van der Waals surface area contributed by atoms with Crippen LogP contribution in [-0.2, 0) is 19.1 Å². The highest BCUT2D eigenvalue weighted by Crippen LogP contribution is 2.06. The average molecular weight is 258 g/mol. The highest BCUT2D eigenvalue weighted by atomic mass is 16.5. The van der Waals surface area contributed by atoms with Crippen LogP contribution >= 0.6 is 0 Å². The molecule has 1 rings (SSSR count). The minimum absolute atomic E-state index is 0.0255. The van der Waals surface area contributed by atoms with Crippen molar-refractivity contribution in [3.05, 3.63) is 25.3 Å². The normalized spacial score (nSPS) is 13.2. The van der Waals surface area contributed by atoms with Crippen LogP contribution in [0.15, 0.2) is 25.3 Å². The largest absolute Gasteiger partial charge is 0.478 e. The van der Waals surface area contributed by atoms with Gasteiger partial charge in [0.2, 0.25) is 0 Å². The fraction of sp³-hybridized carbons (Fsp3) is 0.417. The van der Waals surface area contributed by atoms with Gasteiger partial charge in [-0.1, -0.05) is 13.2 Å². The molecule has 0 aliphatic carbocycles. The van der Waals surface area contributed by atoms with E-state index >= 15 is 0 Å². The van der Waals surface area contributed by atoms with Crippen molar-refractivity contribution in [2.24, 2.45) is 0 Å². The topological polar surface area (TPSA) is 101 Å². The quantitative estimate of drug-likeness (QED) is 0.576. The van der Waals surface area contributed by atoms with Crippen LogP contribution in [0.3, 0.4) is 0 Å². The van der Waals surface area contributed by atoms with Gasteiger partial charge in [0, 0.05) is 18.6 Å². The van der Waals surface area contributed by atoms with Crippen molar-refractivity contribution in [2.75, 3.05) is 6.61 Å². The van der Waals surface area contributed by atoms with E-state index in [1.165, 1.54) is 0 Å². The number of esters is 1. The molecule has 102 valence electrons. The van der Waals surface area contributed by atoms with Gasteiger partial charge in [0.25, 0.3) is 0 Å². The lowest BCUT2D eigenvalue weighted by molar-refractivity contribution is -0.142. The van der Waals surface area contributed by atoms with Crippen molar-refractivity contribution >= 4 is 17.9 Å². The molecule has 18 heavy (non-hydrogen) atoms. The molecule has 1 saturated heterocycles. The molecule has 0 bridgehead atoms. The number of rotatable bonds is 2. The van der Waals surface area contributed by atoms with E-state index in [4.69, 9.17) is 14.9 Å². The van der Waals surface area contributed by atoms with E-state index in [2.05, 4.69) is 13.2 Å². The zero-order chi connectivity index (χ0) is 14.4. The van der Waals surface area contributed by atoms with Crippen LogP contribution in [0.25, 0.3) is 0 Å². The van der Waals surface area contributed by atoms with E-state index in [0.717, 1.165) is 31.4 Å². The third-order valence-electron chi connectivity index (χ3n) is 1.64. The summed E-state index contributed by atoms with van der Waals surface area (Å²) in [6.07, 6.45) is 5.50. The Morgan fingerprint density at radius 3 is 1.89 bits per heavy atom.